The first-order valence-electron chi connectivity index (χ1n) is 6.90. The summed E-state index contributed by atoms with van der Waals surface area (Å²) in [6.07, 6.45) is 1.76. The molecule has 0 saturated heterocycles. The van der Waals surface area contributed by atoms with Gasteiger partial charge in [0.2, 0.25) is 0 Å². The van der Waals surface area contributed by atoms with E-state index >= 15 is 0 Å². The fourth-order valence-corrected chi connectivity index (χ4v) is 2.38. The number of azo groups is 1. The van der Waals surface area contributed by atoms with E-state index in [0.717, 1.165) is 11.3 Å². The highest BCUT2D eigenvalue weighted by atomic mass is 35.5. The number of fused-ring (bicyclic) bond motifs is 1. The Kier molecular flexibility index (Phi) is 4.16. The maximum Gasteiger partial charge on any atom is 0.182 e. The molecule has 0 aliphatic heterocycles. The van der Waals surface area contributed by atoms with Gasteiger partial charge < -0.3 is 9.47 Å². The first-order valence-corrected chi connectivity index (χ1v) is 7.28. The Morgan fingerprint density at radius 3 is 2.65 bits per heavy atom. The van der Waals surface area contributed by atoms with Crippen molar-refractivity contribution in [2.24, 2.45) is 10.2 Å². The van der Waals surface area contributed by atoms with E-state index < -0.39 is 0 Å². The maximum absolute atomic E-state index is 6.05. The van der Waals surface area contributed by atoms with E-state index in [-0.39, 0.29) is 0 Å². The minimum atomic E-state index is 0.572. The lowest BCUT2D eigenvalue weighted by Gasteiger charge is -2.05. The fourth-order valence-electron chi connectivity index (χ4n) is 2.22. The third-order valence-corrected chi connectivity index (χ3v) is 3.59. The van der Waals surface area contributed by atoms with Crippen LogP contribution in [0.1, 0.15) is 5.69 Å². The molecular weight excluding hydrogens is 316 g/mol. The van der Waals surface area contributed by atoms with Crippen LogP contribution in [-0.4, -0.2) is 23.6 Å². The van der Waals surface area contributed by atoms with Crippen LogP contribution in [0.2, 0.25) is 5.02 Å². The first kappa shape index (κ1) is 15.3. The van der Waals surface area contributed by atoms with E-state index in [9.17, 15) is 0 Å². The number of hydrogen-bond donors (Lipinski definition) is 0. The molecule has 2 heterocycles. The van der Waals surface area contributed by atoms with Gasteiger partial charge in [-0.3, -0.25) is 4.40 Å². The van der Waals surface area contributed by atoms with Crippen molar-refractivity contribution in [2.45, 2.75) is 6.92 Å². The SMILES string of the molecule is COc1ccc(OC)c(N=Nc2c(C)nc3ccc(Cl)cn23)c1. The van der Waals surface area contributed by atoms with Crippen LogP contribution in [-0.2, 0) is 0 Å². The van der Waals surface area contributed by atoms with Crippen molar-refractivity contribution >= 4 is 28.8 Å². The van der Waals surface area contributed by atoms with Gasteiger partial charge in [-0.05, 0) is 31.2 Å². The van der Waals surface area contributed by atoms with E-state index in [2.05, 4.69) is 15.2 Å². The average Bonchev–Trinajstić information content (AvgIpc) is 2.87. The summed E-state index contributed by atoms with van der Waals surface area (Å²) in [5.41, 5.74) is 2.10. The molecule has 0 bridgehead atoms. The maximum atomic E-state index is 6.05. The molecule has 3 aromatic rings. The van der Waals surface area contributed by atoms with Gasteiger partial charge in [-0.2, -0.15) is 0 Å². The zero-order valence-electron chi connectivity index (χ0n) is 12.9. The normalized spacial score (nSPS) is 11.3. The number of aryl methyl sites for hydroxylation is 1. The topological polar surface area (TPSA) is 60.5 Å². The molecule has 6 nitrogen and oxygen atoms in total. The monoisotopic (exact) mass is 330 g/mol. The number of aromatic nitrogens is 2. The number of benzene rings is 1. The lowest BCUT2D eigenvalue weighted by molar-refractivity contribution is 0.404. The molecule has 118 valence electrons. The van der Waals surface area contributed by atoms with E-state index in [1.54, 1.807) is 49.1 Å². The first-order chi connectivity index (χ1) is 11.1. The molecule has 3 rings (SSSR count). The second-order valence-corrected chi connectivity index (χ2v) is 5.27. The van der Waals surface area contributed by atoms with Crippen molar-refractivity contribution in [2.75, 3.05) is 14.2 Å². The molecule has 0 amide bonds. The molecule has 0 unspecified atom stereocenters. The Bertz CT molecular complexity index is 889. The Morgan fingerprint density at radius 2 is 1.91 bits per heavy atom. The molecule has 0 aliphatic carbocycles. The standard InChI is InChI=1S/C16H15ClN4O2/c1-10-16(21-9-11(17)4-7-15(21)18-10)20-19-13-8-12(22-2)5-6-14(13)23-3/h4-9H,1-3H3. The van der Waals surface area contributed by atoms with Crippen LogP contribution >= 0.6 is 11.6 Å². The highest BCUT2D eigenvalue weighted by Crippen LogP contribution is 2.33. The summed E-state index contributed by atoms with van der Waals surface area (Å²) in [5.74, 6) is 1.91. The van der Waals surface area contributed by atoms with Gasteiger partial charge in [-0.15, -0.1) is 10.2 Å². The van der Waals surface area contributed by atoms with E-state index in [1.165, 1.54) is 0 Å². The molecule has 0 fully saturated rings. The number of halogens is 1. The summed E-state index contributed by atoms with van der Waals surface area (Å²) in [7, 11) is 3.18. The minimum Gasteiger partial charge on any atom is -0.497 e. The van der Waals surface area contributed by atoms with E-state index in [4.69, 9.17) is 21.1 Å². The smallest absolute Gasteiger partial charge is 0.182 e. The number of hydrogen-bond acceptors (Lipinski definition) is 5. The third-order valence-electron chi connectivity index (χ3n) is 3.36. The van der Waals surface area contributed by atoms with Crippen LogP contribution in [0.5, 0.6) is 11.5 Å². The van der Waals surface area contributed by atoms with Gasteiger partial charge in [-0.1, -0.05) is 11.6 Å². The highest BCUT2D eigenvalue weighted by molar-refractivity contribution is 6.30. The number of methoxy groups -OCH3 is 2. The Hall–Kier alpha value is -2.60. The van der Waals surface area contributed by atoms with Crippen molar-refractivity contribution in [3.63, 3.8) is 0 Å². The fraction of sp³-hybridized carbons (Fsp3) is 0.188. The second kappa shape index (κ2) is 6.26. The molecule has 1 aromatic carbocycles. The summed E-state index contributed by atoms with van der Waals surface area (Å²) < 4.78 is 12.3. The molecule has 0 spiro atoms. The Labute approximate surface area is 138 Å². The van der Waals surface area contributed by atoms with E-state index in [0.29, 0.717) is 28.0 Å². The van der Waals surface area contributed by atoms with Crippen molar-refractivity contribution in [1.82, 2.24) is 9.38 Å². The van der Waals surface area contributed by atoms with Crippen molar-refractivity contribution in [1.29, 1.82) is 0 Å². The third kappa shape index (κ3) is 2.98. The van der Waals surface area contributed by atoms with Gasteiger partial charge in [0.05, 0.1) is 24.9 Å². The molecular formula is C16H15ClN4O2. The number of nitrogens with zero attached hydrogens (tertiary/aromatic N) is 4. The Morgan fingerprint density at radius 1 is 1.09 bits per heavy atom. The molecule has 0 atom stereocenters. The molecule has 0 N–H and O–H groups in total. The van der Waals surface area contributed by atoms with Gasteiger partial charge >= 0.3 is 0 Å². The zero-order chi connectivity index (χ0) is 16.4. The second-order valence-electron chi connectivity index (χ2n) is 4.83. The highest BCUT2D eigenvalue weighted by Gasteiger charge is 2.09. The minimum absolute atomic E-state index is 0.572. The molecule has 0 saturated carbocycles. The summed E-state index contributed by atoms with van der Waals surface area (Å²) in [5, 5.41) is 9.21. The number of imidazole rings is 1. The van der Waals surface area contributed by atoms with Crippen LogP contribution in [0.4, 0.5) is 11.5 Å². The number of pyridine rings is 1. The zero-order valence-corrected chi connectivity index (χ0v) is 13.7. The lowest BCUT2D eigenvalue weighted by atomic mass is 10.3. The van der Waals surface area contributed by atoms with Gasteiger partial charge in [0.1, 0.15) is 22.8 Å². The van der Waals surface area contributed by atoms with Crippen LogP contribution in [0, 0.1) is 6.92 Å². The van der Waals surface area contributed by atoms with E-state index in [1.807, 2.05) is 13.0 Å². The summed E-state index contributed by atoms with van der Waals surface area (Å²) >= 11 is 6.05. The molecule has 23 heavy (non-hydrogen) atoms. The quantitative estimate of drug-likeness (QED) is 0.650. The molecule has 7 heteroatoms. The molecule has 0 aliphatic rings. The van der Waals surface area contributed by atoms with Gasteiger partial charge in [0.15, 0.2) is 5.82 Å². The van der Waals surface area contributed by atoms with Crippen LogP contribution < -0.4 is 9.47 Å². The van der Waals surface area contributed by atoms with Gasteiger partial charge in [0.25, 0.3) is 0 Å². The molecule has 0 radical (unpaired) electrons. The molecule has 2 aromatic heterocycles. The van der Waals surface area contributed by atoms with Crippen LogP contribution in [0.3, 0.4) is 0 Å². The summed E-state index contributed by atoms with van der Waals surface area (Å²) in [4.78, 5) is 4.44. The van der Waals surface area contributed by atoms with Gasteiger partial charge in [0, 0.05) is 12.3 Å². The van der Waals surface area contributed by atoms with Crippen LogP contribution in [0.15, 0.2) is 46.8 Å². The number of ether oxygens (including phenoxy) is 2. The summed E-state index contributed by atoms with van der Waals surface area (Å²) in [6, 6.07) is 8.96. The van der Waals surface area contributed by atoms with Crippen molar-refractivity contribution < 1.29 is 9.47 Å². The average molecular weight is 331 g/mol. The predicted octanol–water partition coefficient (Wildman–Crippen LogP) is 4.73. The largest absolute Gasteiger partial charge is 0.497 e. The van der Waals surface area contributed by atoms with Crippen molar-refractivity contribution in [3.05, 3.63) is 47.2 Å². The van der Waals surface area contributed by atoms with Crippen molar-refractivity contribution in [3.8, 4) is 11.5 Å². The van der Waals surface area contributed by atoms with Gasteiger partial charge in [-0.25, -0.2) is 4.98 Å². The lowest BCUT2D eigenvalue weighted by Crippen LogP contribution is -1.86. The van der Waals surface area contributed by atoms with Crippen LogP contribution in [0.25, 0.3) is 5.65 Å². The number of rotatable bonds is 4. The summed E-state index contributed by atoms with van der Waals surface area (Å²) in [6.45, 7) is 1.87. The Balaban J connectivity index is 2.06. The predicted molar refractivity (Wildman–Crippen MR) is 88.7 cm³/mol.